The maximum atomic E-state index is 9.29. The van der Waals surface area contributed by atoms with Crippen molar-refractivity contribution in [1.29, 1.82) is 0 Å². The van der Waals surface area contributed by atoms with Crippen LogP contribution in [-0.2, 0) is 4.74 Å². The molecule has 27 heavy (non-hydrogen) atoms. The Hall–Kier alpha value is -0.0800. The Balaban J connectivity index is 2.99. The maximum absolute atomic E-state index is 9.29. The van der Waals surface area contributed by atoms with Crippen molar-refractivity contribution in [2.24, 2.45) is 0 Å². The first-order valence-electron chi connectivity index (χ1n) is 12.6. The van der Waals surface area contributed by atoms with Gasteiger partial charge in [-0.15, -0.1) is 0 Å². The van der Waals surface area contributed by atoms with Crippen LogP contribution in [0.4, 0.5) is 0 Å². The fourth-order valence-electron chi connectivity index (χ4n) is 3.69. The molecule has 0 amide bonds. The number of hydrogen-bond donors (Lipinski definition) is 1. The molecule has 1 unspecified atom stereocenters. The lowest BCUT2D eigenvalue weighted by Gasteiger charge is -2.08. The average Bonchev–Trinajstić information content (AvgIpc) is 2.68. The van der Waals surface area contributed by atoms with E-state index in [4.69, 9.17) is 4.74 Å². The highest BCUT2D eigenvalue weighted by Crippen LogP contribution is 2.14. The van der Waals surface area contributed by atoms with Crippen molar-refractivity contribution in [3.8, 4) is 0 Å². The SMILES string of the molecule is CCCCCCCCCCCCCCCCCCCCCCOC(O)CC. The standard InChI is InChI=1S/C25H52O2/c1-3-5-6-7-8-9-10-11-12-13-14-15-16-17-18-19-20-21-22-23-24-27-25(26)4-2/h25-26H,3-24H2,1-2H3. The van der Waals surface area contributed by atoms with E-state index >= 15 is 0 Å². The van der Waals surface area contributed by atoms with Crippen molar-refractivity contribution in [2.75, 3.05) is 6.61 Å². The highest BCUT2D eigenvalue weighted by Gasteiger charge is 1.99. The second-order valence-electron chi connectivity index (χ2n) is 8.45. The van der Waals surface area contributed by atoms with Gasteiger partial charge < -0.3 is 9.84 Å². The van der Waals surface area contributed by atoms with Crippen LogP contribution in [0.2, 0.25) is 0 Å². The number of hydrogen-bond acceptors (Lipinski definition) is 2. The lowest BCUT2D eigenvalue weighted by molar-refractivity contribution is -0.101. The molecular weight excluding hydrogens is 332 g/mol. The molecule has 0 saturated carbocycles. The Labute approximate surface area is 171 Å². The summed E-state index contributed by atoms with van der Waals surface area (Å²) in [7, 11) is 0. The molecule has 164 valence electrons. The zero-order valence-electron chi connectivity index (χ0n) is 19.0. The fourth-order valence-corrected chi connectivity index (χ4v) is 3.69. The zero-order valence-corrected chi connectivity index (χ0v) is 19.0. The van der Waals surface area contributed by atoms with Crippen molar-refractivity contribution >= 4 is 0 Å². The molecule has 0 heterocycles. The first kappa shape index (κ1) is 26.9. The van der Waals surface area contributed by atoms with E-state index in [2.05, 4.69) is 6.92 Å². The van der Waals surface area contributed by atoms with E-state index in [1.54, 1.807) is 0 Å². The maximum Gasteiger partial charge on any atom is 0.154 e. The van der Waals surface area contributed by atoms with Crippen molar-refractivity contribution in [2.45, 2.75) is 155 Å². The van der Waals surface area contributed by atoms with E-state index in [1.165, 1.54) is 122 Å². The molecule has 0 spiro atoms. The molecule has 0 aromatic heterocycles. The third-order valence-electron chi connectivity index (χ3n) is 5.66. The van der Waals surface area contributed by atoms with Gasteiger partial charge in [0.2, 0.25) is 0 Å². The molecule has 0 rings (SSSR count). The number of rotatable bonds is 23. The molecule has 1 atom stereocenters. The second-order valence-corrected chi connectivity index (χ2v) is 8.45. The van der Waals surface area contributed by atoms with Gasteiger partial charge in [-0.1, -0.05) is 136 Å². The summed E-state index contributed by atoms with van der Waals surface area (Å²) in [5.41, 5.74) is 0. The Morgan fingerprint density at radius 1 is 0.481 bits per heavy atom. The first-order valence-corrected chi connectivity index (χ1v) is 12.6. The van der Waals surface area contributed by atoms with Crippen LogP contribution < -0.4 is 0 Å². The van der Waals surface area contributed by atoms with Crippen molar-refractivity contribution in [3.05, 3.63) is 0 Å². The van der Waals surface area contributed by atoms with Crippen molar-refractivity contribution < 1.29 is 9.84 Å². The molecule has 2 heteroatoms. The summed E-state index contributed by atoms with van der Waals surface area (Å²) in [6.07, 6.45) is 28.3. The topological polar surface area (TPSA) is 29.5 Å². The van der Waals surface area contributed by atoms with Gasteiger partial charge in [-0.25, -0.2) is 0 Å². The van der Waals surface area contributed by atoms with Gasteiger partial charge in [0.05, 0.1) is 0 Å². The minimum Gasteiger partial charge on any atom is -0.368 e. The summed E-state index contributed by atoms with van der Waals surface area (Å²) < 4.78 is 5.28. The van der Waals surface area contributed by atoms with Gasteiger partial charge in [0, 0.05) is 6.61 Å². The lowest BCUT2D eigenvalue weighted by Crippen LogP contribution is -2.10. The van der Waals surface area contributed by atoms with Crippen LogP contribution in [0.3, 0.4) is 0 Å². The first-order chi connectivity index (χ1) is 13.3. The summed E-state index contributed by atoms with van der Waals surface area (Å²) in [5, 5.41) is 9.29. The van der Waals surface area contributed by atoms with Crippen LogP contribution in [-0.4, -0.2) is 18.0 Å². The quantitative estimate of drug-likeness (QED) is 0.141. The van der Waals surface area contributed by atoms with Gasteiger partial charge in [-0.05, 0) is 12.8 Å². The summed E-state index contributed by atoms with van der Waals surface area (Å²) >= 11 is 0. The highest BCUT2D eigenvalue weighted by molar-refractivity contribution is 4.51. The number of aliphatic hydroxyl groups is 1. The van der Waals surface area contributed by atoms with Gasteiger partial charge in [0.15, 0.2) is 6.29 Å². The van der Waals surface area contributed by atoms with E-state index < -0.39 is 6.29 Å². The predicted molar refractivity (Wildman–Crippen MR) is 120 cm³/mol. The minimum absolute atomic E-state index is 0.551. The fraction of sp³-hybridized carbons (Fsp3) is 1.00. The molecule has 0 aliphatic rings. The van der Waals surface area contributed by atoms with Gasteiger partial charge >= 0.3 is 0 Å². The van der Waals surface area contributed by atoms with Crippen LogP contribution in [0.5, 0.6) is 0 Å². The third-order valence-corrected chi connectivity index (χ3v) is 5.66. The minimum atomic E-state index is -0.551. The molecule has 0 aromatic carbocycles. The Bertz CT molecular complexity index is 255. The molecule has 0 radical (unpaired) electrons. The van der Waals surface area contributed by atoms with Gasteiger partial charge in [-0.2, -0.15) is 0 Å². The summed E-state index contributed by atoms with van der Waals surface area (Å²) in [5.74, 6) is 0. The number of ether oxygens (including phenoxy) is 1. The summed E-state index contributed by atoms with van der Waals surface area (Å²) in [6, 6.07) is 0. The van der Waals surface area contributed by atoms with Gasteiger partial charge in [0.25, 0.3) is 0 Å². The smallest absolute Gasteiger partial charge is 0.154 e. The average molecular weight is 385 g/mol. The molecule has 0 aliphatic carbocycles. The Morgan fingerprint density at radius 2 is 0.778 bits per heavy atom. The normalized spacial score (nSPS) is 12.6. The Kier molecular flexibility index (Phi) is 23.9. The molecule has 0 fully saturated rings. The second kappa shape index (κ2) is 24.0. The predicted octanol–water partition coefficient (Wildman–Crippen LogP) is 8.55. The van der Waals surface area contributed by atoms with Crippen molar-refractivity contribution in [1.82, 2.24) is 0 Å². The number of unbranched alkanes of at least 4 members (excludes halogenated alkanes) is 19. The van der Waals surface area contributed by atoms with Gasteiger partial charge in [0.1, 0.15) is 0 Å². The number of aliphatic hydroxyl groups excluding tert-OH is 1. The zero-order chi connectivity index (χ0) is 19.8. The van der Waals surface area contributed by atoms with E-state index in [-0.39, 0.29) is 0 Å². The molecular formula is C25H52O2. The molecule has 0 saturated heterocycles. The van der Waals surface area contributed by atoms with Crippen LogP contribution in [0.25, 0.3) is 0 Å². The van der Waals surface area contributed by atoms with Gasteiger partial charge in [-0.3, -0.25) is 0 Å². The van der Waals surface area contributed by atoms with E-state index in [0.29, 0.717) is 13.0 Å². The molecule has 2 nitrogen and oxygen atoms in total. The lowest BCUT2D eigenvalue weighted by atomic mass is 10.0. The Morgan fingerprint density at radius 3 is 1.07 bits per heavy atom. The summed E-state index contributed by atoms with van der Waals surface area (Å²) in [4.78, 5) is 0. The van der Waals surface area contributed by atoms with E-state index in [1.807, 2.05) is 6.92 Å². The highest BCUT2D eigenvalue weighted by atomic mass is 16.6. The van der Waals surface area contributed by atoms with Crippen LogP contribution >= 0.6 is 0 Å². The van der Waals surface area contributed by atoms with E-state index in [9.17, 15) is 5.11 Å². The van der Waals surface area contributed by atoms with Crippen LogP contribution in [0.1, 0.15) is 149 Å². The van der Waals surface area contributed by atoms with E-state index in [0.717, 1.165) is 6.42 Å². The van der Waals surface area contributed by atoms with Crippen LogP contribution in [0.15, 0.2) is 0 Å². The monoisotopic (exact) mass is 384 g/mol. The molecule has 1 N–H and O–H groups in total. The van der Waals surface area contributed by atoms with Crippen LogP contribution in [0, 0.1) is 0 Å². The van der Waals surface area contributed by atoms with Crippen molar-refractivity contribution in [3.63, 3.8) is 0 Å². The third kappa shape index (κ3) is 23.9. The largest absolute Gasteiger partial charge is 0.368 e. The summed E-state index contributed by atoms with van der Waals surface area (Å²) in [6.45, 7) is 4.96. The molecule has 0 bridgehead atoms. The molecule has 0 aromatic rings. The molecule has 0 aliphatic heterocycles.